The maximum atomic E-state index is 4.23. The molecule has 0 aliphatic rings. The van der Waals surface area contributed by atoms with Crippen LogP contribution in [0.5, 0.6) is 0 Å². The van der Waals surface area contributed by atoms with Gasteiger partial charge >= 0.3 is 0 Å². The van der Waals surface area contributed by atoms with Crippen molar-refractivity contribution >= 4 is 0 Å². The Morgan fingerprint density at radius 2 is 1.58 bits per heavy atom. The van der Waals surface area contributed by atoms with Gasteiger partial charge < -0.3 is 4.90 Å². The summed E-state index contributed by atoms with van der Waals surface area (Å²) in [7, 11) is 4.12. The first kappa shape index (κ1) is 18.0. The molecule has 0 aliphatic carbocycles. The first-order chi connectivity index (χ1) is 8.43. The van der Waals surface area contributed by atoms with Gasteiger partial charge in [-0.2, -0.15) is 0 Å². The fourth-order valence-corrected chi connectivity index (χ4v) is 1.85. The van der Waals surface area contributed by atoms with Gasteiger partial charge in [0.2, 0.25) is 0 Å². The molecule has 0 heterocycles. The molecule has 0 spiro atoms. The zero-order valence-corrected chi connectivity index (χ0v) is 14.3. The highest BCUT2D eigenvalue weighted by Crippen LogP contribution is 2.31. The third-order valence-electron chi connectivity index (χ3n) is 2.92. The molecule has 0 rings (SSSR count). The second kappa shape index (κ2) is 6.98. The quantitative estimate of drug-likeness (QED) is 0.599. The van der Waals surface area contributed by atoms with Crippen molar-refractivity contribution in [2.24, 2.45) is 10.8 Å². The van der Waals surface area contributed by atoms with Crippen molar-refractivity contribution in [3.63, 3.8) is 0 Å². The Labute approximate surface area is 121 Å². The van der Waals surface area contributed by atoms with E-state index in [1.807, 2.05) is 0 Å². The molecule has 0 aromatic heterocycles. The molecule has 0 radical (unpaired) electrons. The molecule has 0 atom stereocenters. The third kappa shape index (κ3) is 8.69. The molecule has 1 nitrogen and oxygen atoms in total. The molecule has 0 aromatic rings. The first-order valence-electron chi connectivity index (χ1n) is 7.18. The van der Waals surface area contributed by atoms with Gasteiger partial charge in [-0.15, -0.1) is 0 Å². The van der Waals surface area contributed by atoms with Crippen LogP contribution in [0, 0.1) is 10.8 Å². The van der Waals surface area contributed by atoms with Crippen molar-refractivity contribution in [2.75, 3.05) is 14.1 Å². The fourth-order valence-electron chi connectivity index (χ4n) is 1.85. The van der Waals surface area contributed by atoms with Gasteiger partial charge in [-0.05, 0) is 34.8 Å². The standard InChI is InChI=1S/C18H33N/c1-15(12-10-11-13-17(2,3)4)16(14-19(8)9)18(5,6)7/h10,12,14H,1,11,13H2,2-9H3/b12-10-,16-14+. The maximum Gasteiger partial charge on any atom is 0.00557 e. The van der Waals surface area contributed by atoms with Crippen molar-refractivity contribution in [1.82, 2.24) is 4.90 Å². The van der Waals surface area contributed by atoms with Crippen molar-refractivity contribution in [3.8, 4) is 0 Å². The van der Waals surface area contributed by atoms with E-state index in [1.165, 1.54) is 12.0 Å². The van der Waals surface area contributed by atoms with Crippen LogP contribution in [-0.4, -0.2) is 19.0 Å². The van der Waals surface area contributed by atoms with Crippen molar-refractivity contribution < 1.29 is 0 Å². The van der Waals surface area contributed by atoms with Crippen LogP contribution in [-0.2, 0) is 0 Å². The van der Waals surface area contributed by atoms with Crippen LogP contribution >= 0.6 is 0 Å². The van der Waals surface area contributed by atoms with E-state index in [9.17, 15) is 0 Å². The van der Waals surface area contributed by atoms with Crippen LogP contribution < -0.4 is 0 Å². The Balaban J connectivity index is 4.73. The molecule has 0 aliphatic heterocycles. The number of rotatable bonds is 5. The van der Waals surface area contributed by atoms with E-state index in [0.717, 1.165) is 12.0 Å². The highest BCUT2D eigenvalue weighted by atomic mass is 15.0. The summed E-state index contributed by atoms with van der Waals surface area (Å²) in [5.41, 5.74) is 2.94. The van der Waals surface area contributed by atoms with Crippen LogP contribution in [0.15, 0.2) is 36.1 Å². The number of nitrogens with zero attached hydrogens (tertiary/aromatic N) is 1. The van der Waals surface area contributed by atoms with Crippen molar-refractivity contribution in [2.45, 2.75) is 54.4 Å². The lowest BCUT2D eigenvalue weighted by Crippen LogP contribution is -2.15. The van der Waals surface area contributed by atoms with Crippen LogP contribution in [0.4, 0.5) is 0 Å². The van der Waals surface area contributed by atoms with E-state index in [2.05, 4.69) is 85.5 Å². The summed E-state index contributed by atoms with van der Waals surface area (Å²) in [5, 5.41) is 0. The average molecular weight is 263 g/mol. The minimum Gasteiger partial charge on any atom is -0.383 e. The van der Waals surface area contributed by atoms with E-state index in [0.29, 0.717) is 5.41 Å². The lowest BCUT2D eigenvalue weighted by atomic mass is 9.82. The third-order valence-corrected chi connectivity index (χ3v) is 2.92. The Hall–Kier alpha value is -0.980. The highest BCUT2D eigenvalue weighted by molar-refractivity contribution is 5.40. The van der Waals surface area contributed by atoms with Crippen molar-refractivity contribution in [1.29, 1.82) is 0 Å². The van der Waals surface area contributed by atoms with Gasteiger partial charge in [-0.3, -0.25) is 0 Å². The Morgan fingerprint density at radius 3 is 1.95 bits per heavy atom. The average Bonchev–Trinajstić information content (AvgIpc) is 2.17. The second-order valence-corrected chi connectivity index (χ2v) is 7.78. The Kier molecular flexibility index (Phi) is 6.62. The van der Waals surface area contributed by atoms with Gasteiger partial charge in [0, 0.05) is 20.3 Å². The van der Waals surface area contributed by atoms with Gasteiger partial charge in [0.15, 0.2) is 0 Å². The molecule has 0 aromatic carbocycles. The van der Waals surface area contributed by atoms with Crippen LogP contribution in [0.25, 0.3) is 0 Å². The van der Waals surface area contributed by atoms with Crippen molar-refractivity contribution in [3.05, 3.63) is 36.1 Å². The molecule has 1 heteroatoms. The van der Waals surface area contributed by atoms with E-state index in [4.69, 9.17) is 0 Å². The zero-order chi connectivity index (χ0) is 15.3. The highest BCUT2D eigenvalue weighted by Gasteiger charge is 2.18. The van der Waals surface area contributed by atoms with Gasteiger partial charge in [0.25, 0.3) is 0 Å². The summed E-state index contributed by atoms with van der Waals surface area (Å²) in [4.78, 5) is 2.09. The predicted molar refractivity (Wildman–Crippen MR) is 88.2 cm³/mol. The van der Waals surface area contributed by atoms with E-state index >= 15 is 0 Å². The van der Waals surface area contributed by atoms with Gasteiger partial charge in [0.1, 0.15) is 0 Å². The monoisotopic (exact) mass is 263 g/mol. The van der Waals surface area contributed by atoms with Crippen LogP contribution in [0.2, 0.25) is 0 Å². The Bertz CT molecular complexity index is 343. The Morgan fingerprint density at radius 1 is 1.05 bits per heavy atom. The molecule has 19 heavy (non-hydrogen) atoms. The van der Waals surface area contributed by atoms with Gasteiger partial charge in [-0.1, -0.05) is 60.3 Å². The number of hydrogen-bond donors (Lipinski definition) is 0. The summed E-state index contributed by atoms with van der Waals surface area (Å²) in [6, 6.07) is 0. The van der Waals surface area contributed by atoms with E-state index in [-0.39, 0.29) is 5.41 Å². The molecule has 0 amide bonds. The van der Waals surface area contributed by atoms with E-state index in [1.54, 1.807) is 0 Å². The minimum atomic E-state index is 0.121. The summed E-state index contributed by atoms with van der Waals surface area (Å²) in [6.45, 7) is 17.8. The topological polar surface area (TPSA) is 3.24 Å². The summed E-state index contributed by atoms with van der Waals surface area (Å²) < 4.78 is 0. The molecule has 0 N–H and O–H groups in total. The minimum absolute atomic E-state index is 0.121. The normalized spacial score (nSPS) is 14.0. The molecule has 110 valence electrons. The van der Waals surface area contributed by atoms with E-state index < -0.39 is 0 Å². The smallest absolute Gasteiger partial charge is 0.00557 e. The fraction of sp³-hybridized carbons (Fsp3) is 0.667. The molecule has 0 bridgehead atoms. The molecule has 0 fully saturated rings. The molecular formula is C18H33N. The molecule has 0 saturated carbocycles. The van der Waals surface area contributed by atoms with Crippen LogP contribution in [0.1, 0.15) is 54.4 Å². The molecule has 0 saturated heterocycles. The zero-order valence-electron chi connectivity index (χ0n) is 14.3. The van der Waals surface area contributed by atoms with Gasteiger partial charge in [-0.25, -0.2) is 0 Å². The molecule has 0 unspecified atom stereocenters. The maximum absolute atomic E-state index is 4.23. The second-order valence-electron chi connectivity index (χ2n) is 7.78. The lowest BCUT2D eigenvalue weighted by molar-refractivity contribution is 0.381. The largest absolute Gasteiger partial charge is 0.383 e. The summed E-state index contributed by atoms with van der Waals surface area (Å²) >= 11 is 0. The molecular weight excluding hydrogens is 230 g/mol. The van der Waals surface area contributed by atoms with Gasteiger partial charge in [0.05, 0.1) is 0 Å². The lowest BCUT2D eigenvalue weighted by Gasteiger charge is -2.25. The summed E-state index contributed by atoms with van der Waals surface area (Å²) in [5.74, 6) is 0. The van der Waals surface area contributed by atoms with Crippen LogP contribution in [0.3, 0.4) is 0 Å². The first-order valence-corrected chi connectivity index (χ1v) is 7.18. The summed E-state index contributed by atoms with van der Waals surface area (Å²) in [6.07, 6.45) is 8.92. The number of allylic oxidation sites excluding steroid dienone is 4. The SMILES string of the molecule is C=C(/C=C\CCC(C)(C)C)/C(=C\N(C)C)C(C)(C)C. The number of hydrogen-bond acceptors (Lipinski definition) is 1. The predicted octanol–water partition coefficient (Wildman–Crippen LogP) is 5.42.